The van der Waals surface area contributed by atoms with Gasteiger partial charge in [-0.15, -0.1) is 0 Å². The van der Waals surface area contributed by atoms with Crippen molar-refractivity contribution in [3.05, 3.63) is 0 Å². The lowest BCUT2D eigenvalue weighted by molar-refractivity contribution is -0.344. The summed E-state index contributed by atoms with van der Waals surface area (Å²) in [4.78, 5) is 17.8. The van der Waals surface area contributed by atoms with Gasteiger partial charge in [-0.2, -0.15) is 13.2 Å². The second kappa shape index (κ2) is 8.42. The van der Waals surface area contributed by atoms with Gasteiger partial charge in [0.2, 0.25) is 0 Å². The second-order valence-corrected chi connectivity index (χ2v) is 5.61. The van der Waals surface area contributed by atoms with E-state index in [4.69, 9.17) is 20.4 Å². The van der Waals surface area contributed by atoms with Gasteiger partial charge in [0.1, 0.15) is 5.97 Å². The Balaban J connectivity index is 0.000000399. The molecule has 0 saturated heterocycles. The molecule has 0 aliphatic heterocycles. The van der Waals surface area contributed by atoms with Crippen molar-refractivity contribution in [2.24, 2.45) is 11.7 Å². The van der Waals surface area contributed by atoms with Crippen molar-refractivity contribution < 1.29 is 27.9 Å². The van der Waals surface area contributed by atoms with E-state index < -0.39 is 12.1 Å². The third-order valence-corrected chi connectivity index (χ3v) is 3.71. The van der Waals surface area contributed by atoms with Crippen molar-refractivity contribution in [1.82, 2.24) is 0 Å². The first-order valence-corrected chi connectivity index (χ1v) is 6.80. The minimum atomic E-state index is -5.19. The lowest BCUT2D eigenvalue weighted by atomic mass is 9.88. The summed E-state index contributed by atoms with van der Waals surface area (Å²) in [6.07, 6.45) is -0.395. The van der Waals surface area contributed by atoms with Crippen LogP contribution in [-0.2, 0) is 4.79 Å². The number of alkyl halides is 3. The minimum Gasteiger partial charge on any atom is -0.542 e. The number of hydrogen-bond donors (Lipinski definition) is 1. The number of carboxylic acid groups (broad SMARTS) is 1. The Bertz CT molecular complexity index is 302. The highest BCUT2D eigenvalue weighted by molar-refractivity contribution is 8.13. The first-order chi connectivity index (χ1) is 8.62. The fourth-order valence-corrected chi connectivity index (χ4v) is 2.40. The normalized spacial score (nSPS) is 23.2. The van der Waals surface area contributed by atoms with Crippen LogP contribution in [0.2, 0.25) is 0 Å². The van der Waals surface area contributed by atoms with Crippen LogP contribution in [0.15, 0.2) is 0 Å². The Hall–Kier alpha value is -0.760. The predicted octanol–water partition coefficient (Wildman–Crippen LogP) is 1.06. The Morgan fingerprint density at radius 1 is 1.37 bits per heavy atom. The molecule has 1 aliphatic rings. The third kappa shape index (κ3) is 9.77. The van der Waals surface area contributed by atoms with Gasteiger partial charge in [0.25, 0.3) is 0 Å². The molecule has 1 aliphatic carbocycles. The summed E-state index contributed by atoms with van der Waals surface area (Å²) in [5.41, 5.74) is 5.79. The molecular weight excluding hydrogens is 283 g/mol. The minimum absolute atomic E-state index is 0.436. The van der Waals surface area contributed by atoms with Gasteiger partial charge in [-0.25, -0.2) is 0 Å². The summed E-state index contributed by atoms with van der Waals surface area (Å²) in [6, 6.07) is 0.436. The highest BCUT2D eigenvalue weighted by atomic mass is 32.2. The topological polar surface area (TPSA) is 87.6 Å². The highest BCUT2D eigenvalue weighted by Gasteiger charge is 2.28. The molecule has 0 atom stereocenters. The second-order valence-electron chi connectivity index (χ2n) is 4.40. The van der Waals surface area contributed by atoms with Crippen molar-refractivity contribution in [1.29, 1.82) is 0 Å². The smallest absolute Gasteiger partial charge is 0.430 e. The van der Waals surface area contributed by atoms with Crippen LogP contribution in [0.1, 0.15) is 32.6 Å². The summed E-state index contributed by atoms with van der Waals surface area (Å²) in [5, 5.41) is 9.28. The summed E-state index contributed by atoms with van der Waals surface area (Å²) < 4.78 is 31.5. The zero-order chi connectivity index (χ0) is 15.1. The molecule has 0 bridgehead atoms. The van der Waals surface area contributed by atoms with Gasteiger partial charge in [-0.05, 0) is 43.4 Å². The number of carbonyl (C=O) groups excluding carboxylic acids is 2. The molecule has 0 radical (unpaired) electrons. The van der Waals surface area contributed by atoms with Crippen molar-refractivity contribution in [3.8, 4) is 0 Å². The first kappa shape index (κ1) is 18.2. The molecule has 112 valence electrons. The SMILES string of the molecule is CC(=[OH+])SCC1CCC(N)CC1.O=C([O-])C(F)(F)F. The van der Waals surface area contributed by atoms with Gasteiger partial charge in [-0.3, -0.25) is 4.79 Å². The van der Waals surface area contributed by atoms with E-state index in [1.807, 2.05) is 0 Å². The number of carboxylic acids is 1. The quantitative estimate of drug-likeness (QED) is 0.772. The Morgan fingerprint density at radius 2 is 1.79 bits per heavy atom. The number of thioether (sulfide) groups is 1. The Labute approximate surface area is 113 Å². The van der Waals surface area contributed by atoms with E-state index in [0.29, 0.717) is 11.2 Å². The predicted molar refractivity (Wildman–Crippen MR) is 66.1 cm³/mol. The van der Waals surface area contributed by atoms with Crippen LogP contribution in [0.5, 0.6) is 0 Å². The lowest BCUT2D eigenvalue weighted by Crippen LogP contribution is -2.37. The first-order valence-electron chi connectivity index (χ1n) is 5.82. The molecule has 0 aromatic carbocycles. The van der Waals surface area contributed by atoms with Crippen LogP contribution in [0, 0.1) is 5.92 Å². The maximum atomic E-state index is 10.5. The average Bonchev–Trinajstić information content (AvgIpc) is 2.27. The summed E-state index contributed by atoms with van der Waals surface area (Å²) in [7, 11) is 0. The van der Waals surface area contributed by atoms with E-state index in [-0.39, 0.29) is 0 Å². The van der Waals surface area contributed by atoms with Crippen LogP contribution in [-0.4, -0.2) is 33.9 Å². The molecule has 8 heteroatoms. The Morgan fingerprint density at radius 3 is 2.11 bits per heavy atom. The monoisotopic (exact) mass is 301 g/mol. The fraction of sp³-hybridized carbons (Fsp3) is 0.818. The van der Waals surface area contributed by atoms with Crippen molar-refractivity contribution >= 4 is 22.8 Å². The molecule has 0 aromatic rings. The molecule has 0 spiro atoms. The summed E-state index contributed by atoms with van der Waals surface area (Å²) >= 11 is 1.57. The molecule has 1 saturated carbocycles. The van der Waals surface area contributed by atoms with Crippen LogP contribution in [0.25, 0.3) is 0 Å². The van der Waals surface area contributed by atoms with Gasteiger partial charge < -0.3 is 15.6 Å². The summed E-state index contributed by atoms with van der Waals surface area (Å²) in [6.45, 7) is 1.75. The van der Waals surface area contributed by atoms with Gasteiger partial charge in [0, 0.05) is 11.8 Å². The Kier molecular flexibility index (Phi) is 8.08. The maximum absolute atomic E-state index is 10.5. The fourth-order valence-electron chi connectivity index (χ4n) is 1.59. The van der Waals surface area contributed by atoms with Gasteiger partial charge in [0.15, 0.2) is 0 Å². The van der Waals surface area contributed by atoms with Crippen LogP contribution in [0.4, 0.5) is 13.2 Å². The number of carbonyl (C=O) groups is 1. The summed E-state index contributed by atoms with van der Waals surface area (Å²) in [5.74, 6) is -1.17. The van der Waals surface area contributed by atoms with Crippen molar-refractivity contribution in [3.63, 3.8) is 0 Å². The molecule has 19 heavy (non-hydrogen) atoms. The van der Waals surface area contributed by atoms with E-state index >= 15 is 0 Å². The van der Waals surface area contributed by atoms with Crippen LogP contribution >= 0.6 is 11.8 Å². The molecular formula is C11H18F3NO3S. The van der Waals surface area contributed by atoms with E-state index in [1.165, 1.54) is 12.8 Å². The lowest BCUT2D eigenvalue weighted by Gasteiger charge is -2.24. The standard InChI is InChI=1S/C9H17NOS.C2HF3O2/c1-7(11)12-6-8-2-4-9(10)5-3-8;3-2(4,5)1(6)7/h8-9H,2-6,10H2,1H3;(H,6,7). The van der Waals surface area contributed by atoms with Gasteiger partial charge >= 0.3 is 11.3 Å². The van der Waals surface area contributed by atoms with E-state index in [9.17, 15) is 13.2 Å². The van der Waals surface area contributed by atoms with Crippen molar-refractivity contribution in [2.45, 2.75) is 44.8 Å². The van der Waals surface area contributed by atoms with Gasteiger partial charge in [0.05, 0.1) is 6.92 Å². The molecule has 4 nitrogen and oxygen atoms in total. The molecule has 3 N–H and O–H groups in total. The maximum Gasteiger partial charge on any atom is 0.430 e. The van der Waals surface area contributed by atoms with Crippen molar-refractivity contribution in [2.75, 3.05) is 5.75 Å². The number of hydrogen-bond acceptors (Lipinski definition) is 4. The molecule has 0 aromatic heterocycles. The average molecular weight is 301 g/mol. The zero-order valence-electron chi connectivity index (χ0n) is 10.6. The van der Waals surface area contributed by atoms with Crippen LogP contribution < -0.4 is 10.8 Å². The highest BCUT2D eigenvalue weighted by Crippen LogP contribution is 2.26. The molecule has 0 unspecified atom stereocenters. The third-order valence-electron chi connectivity index (χ3n) is 2.65. The van der Waals surface area contributed by atoms with E-state index in [2.05, 4.69) is 0 Å². The van der Waals surface area contributed by atoms with E-state index in [0.717, 1.165) is 24.5 Å². The molecule has 0 heterocycles. The van der Waals surface area contributed by atoms with E-state index in [1.54, 1.807) is 18.7 Å². The number of rotatable bonds is 2. The number of nitrogens with two attached hydrogens (primary N) is 1. The molecule has 0 amide bonds. The molecule has 1 fully saturated rings. The largest absolute Gasteiger partial charge is 0.542 e. The number of halogens is 3. The zero-order valence-corrected chi connectivity index (χ0v) is 11.4. The van der Waals surface area contributed by atoms with Gasteiger partial charge in [-0.1, -0.05) is 0 Å². The molecule has 1 rings (SSSR count). The number of aliphatic carboxylic acids is 1. The van der Waals surface area contributed by atoms with Crippen LogP contribution in [0.3, 0.4) is 0 Å².